The van der Waals surface area contributed by atoms with E-state index < -0.39 is 5.60 Å². The molecule has 1 fully saturated rings. The smallest absolute Gasteiger partial charge is 0.410 e. The van der Waals surface area contributed by atoms with E-state index in [1.165, 1.54) is 0 Å². The molecule has 0 bridgehead atoms. The average molecular weight is 242 g/mol. The average Bonchev–Trinajstić information content (AvgIpc) is 2.54. The predicted molar refractivity (Wildman–Crippen MR) is 68.8 cm³/mol. The summed E-state index contributed by atoms with van der Waals surface area (Å²) < 4.78 is 5.41. The molecule has 4 heteroatoms. The Morgan fingerprint density at radius 3 is 2.65 bits per heavy atom. The van der Waals surface area contributed by atoms with E-state index in [1.54, 1.807) is 0 Å². The molecule has 17 heavy (non-hydrogen) atoms. The molecule has 0 spiro atoms. The highest BCUT2D eigenvalue weighted by atomic mass is 16.6. The van der Waals surface area contributed by atoms with Gasteiger partial charge >= 0.3 is 6.09 Å². The van der Waals surface area contributed by atoms with Gasteiger partial charge in [0, 0.05) is 12.6 Å². The molecule has 0 aromatic heterocycles. The van der Waals surface area contributed by atoms with Crippen LogP contribution in [0.25, 0.3) is 0 Å². The first-order chi connectivity index (χ1) is 7.85. The summed E-state index contributed by atoms with van der Waals surface area (Å²) in [6.45, 7) is 8.55. The van der Waals surface area contributed by atoms with Gasteiger partial charge in [-0.1, -0.05) is 19.8 Å². The van der Waals surface area contributed by atoms with Crippen molar-refractivity contribution in [3.05, 3.63) is 0 Å². The molecule has 1 amide bonds. The topological polar surface area (TPSA) is 55.6 Å². The predicted octanol–water partition coefficient (Wildman–Crippen LogP) is 2.51. The molecule has 0 saturated carbocycles. The van der Waals surface area contributed by atoms with E-state index in [-0.39, 0.29) is 18.2 Å². The number of rotatable bonds is 3. The highest BCUT2D eigenvalue weighted by Crippen LogP contribution is 2.23. The number of carbonyl (C=O) groups excluding carboxylic acids is 1. The number of nitrogens with zero attached hydrogens (tertiary/aromatic N) is 1. The normalized spacial score (nSPS) is 25.1. The largest absolute Gasteiger partial charge is 0.444 e. The van der Waals surface area contributed by atoms with E-state index >= 15 is 0 Å². The summed E-state index contributed by atoms with van der Waals surface area (Å²) in [6.07, 6.45) is 3.89. The SMILES string of the molecule is CCCCC1C(N)CCN1C(=O)OC(C)(C)C. The molecule has 0 aromatic rings. The molecule has 4 nitrogen and oxygen atoms in total. The van der Waals surface area contributed by atoms with Crippen LogP contribution in [0, 0.1) is 0 Å². The third-order valence-corrected chi connectivity index (χ3v) is 3.08. The molecule has 2 unspecified atom stereocenters. The molecule has 1 aliphatic heterocycles. The van der Waals surface area contributed by atoms with Gasteiger partial charge in [0.1, 0.15) is 5.60 Å². The van der Waals surface area contributed by atoms with Crippen LogP contribution in [0.5, 0.6) is 0 Å². The molecule has 100 valence electrons. The van der Waals surface area contributed by atoms with Crippen LogP contribution in [0.3, 0.4) is 0 Å². The second-order valence-electron chi connectivity index (χ2n) is 5.84. The summed E-state index contributed by atoms with van der Waals surface area (Å²) in [5.74, 6) is 0. The molecule has 1 saturated heterocycles. The van der Waals surface area contributed by atoms with Crippen LogP contribution in [0.4, 0.5) is 4.79 Å². The number of likely N-dealkylation sites (tertiary alicyclic amines) is 1. The zero-order valence-corrected chi connectivity index (χ0v) is 11.5. The Morgan fingerprint density at radius 2 is 2.12 bits per heavy atom. The Balaban J connectivity index is 2.59. The van der Waals surface area contributed by atoms with Gasteiger partial charge in [-0.25, -0.2) is 4.79 Å². The summed E-state index contributed by atoms with van der Waals surface area (Å²) in [7, 11) is 0. The van der Waals surface area contributed by atoms with Crippen molar-refractivity contribution in [1.82, 2.24) is 4.90 Å². The van der Waals surface area contributed by atoms with Gasteiger partial charge in [-0.3, -0.25) is 0 Å². The van der Waals surface area contributed by atoms with Crippen molar-refractivity contribution < 1.29 is 9.53 Å². The number of nitrogens with two attached hydrogens (primary N) is 1. The zero-order valence-electron chi connectivity index (χ0n) is 11.5. The molecular formula is C13H26N2O2. The van der Waals surface area contributed by atoms with E-state index in [1.807, 2.05) is 25.7 Å². The fraction of sp³-hybridized carbons (Fsp3) is 0.923. The molecule has 1 rings (SSSR count). The Morgan fingerprint density at radius 1 is 1.47 bits per heavy atom. The Labute approximate surface area is 104 Å². The number of unbranched alkanes of at least 4 members (excludes halogenated alkanes) is 1. The minimum absolute atomic E-state index is 0.106. The standard InChI is InChI=1S/C13H26N2O2/c1-5-6-7-11-10(14)8-9-15(11)12(16)17-13(2,3)4/h10-11H,5-9,14H2,1-4H3. The van der Waals surface area contributed by atoms with E-state index in [9.17, 15) is 4.79 Å². The highest BCUT2D eigenvalue weighted by molar-refractivity contribution is 5.69. The van der Waals surface area contributed by atoms with Gasteiger partial charge in [0.05, 0.1) is 6.04 Å². The fourth-order valence-electron chi connectivity index (χ4n) is 2.21. The Kier molecular flexibility index (Phi) is 4.80. The van der Waals surface area contributed by atoms with Crippen LogP contribution < -0.4 is 5.73 Å². The van der Waals surface area contributed by atoms with Gasteiger partial charge < -0.3 is 15.4 Å². The van der Waals surface area contributed by atoms with Crippen molar-refractivity contribution in [3.8, 4) is 0 Å². The lowest BCUT2D eigenvalue weighted by molar-refractivity contribution is 0.0212. The highest BCUT2D eigenvalue weighted by Gasteiger charge is 2.36. The summed E-state index contributed by atoms with van der Waals surface area (Å²) in [5, 5.41) is 0. The van der Waals surface area contributed by atoms with Crippen LogP contribution in [0.15, 0.2) is 0 Å². The second-order valence-corrected chi connectivity index (χ2v) is 5.84. The number of hydrogen-bond donors (Lipinski definition) is 1. The lowest BCUT2D eigenvalue weighted by atomic mass is 10.0. The van der Waals surface area contributed by atoms with E-state index in [2.05, 4.69) is 6.92 Å². The van der Waals surface area contributed by atoms with Crippen molar-refractivity contribution >= 4 is 6.09 Å². The monoisotopic (exact) mass is 242 g/mol. The summed E-state index contributed by atoms with van der Waals surface area (Å²) in [5.41, 5.74) is 5.63. The van der Waals surface area contributed by atoms with E-state index in [0.29, 0.717) is 0 Å². The lowest BCUT2D eigenvalue weighted by Crippen LogP contribution is -2.44. The van der Waals surface area contributed by atoms with Gasteiger partial charge in [0.25, 0.3) is 0 Å². The number of amides is 1. The van der Waals surface area contributed by atoms with Gasteiger partial charge in [-0.15, -0.1) is 0 Å². The van der Waals surface area contributed by atoms with Crippen molar-refractivity contribution in [2.45, 2.75) is 71.1 Å². The number of ether oxygens (including phenoxy) is 1. The molecule has 0 radical (unpaired) electrons. The summed E-state index contributed by atoms with van der Waals surface area (Å²) in [6, 6.07) is 0.263. The molecular weight excluding hydrogens is 216 g/mol. The second kappa shape index (κ2) is 5.71. The van der Waals surface area contributed by atoms with Crippen LogP contribution in [-0.2, 0) is 4.74 Å². The first-order valence-corrected chi connectivity index (χ1v) is 6.60. The maximum atomic E-state index is 12.0. The quantitative estimate of drug-likeness (QED) is 0.827. The maximum absolute atomic E-state index is 12.0. The van der Waals surface area contributed by atoms with Crippen LogP contribution >= 0.6 is 0 Å². The first-order valence-electron chi connectivity index (χ1n) is 6.60. The fourth-order valence-corrected chi connectivity index (χ4v) is 2.21. The molecule has 2 atom stereocenters. The minimum atomic E-state index is -0.431. The summed E-state index contributed by atoms with van der Waals surface area (Å²) >= 11 is 0. The number of carbonyl (C=O) groups is 1. The van der Waals surface area contributed by atoms with Crippen LogP contribution in [-0.4, -0.2) is 35.2 Å². The maximum Gasteiger partial charge on any atom is 0.410 e. The molecule has 1 aliphatic rings. The first kappa shape index (κ1) is 14.3. The molecule has 0 aromatic carbocycles. The molecule has 1 heterocycles. The molecule has 0 aliphatic carbocycles. The van der Waals surface area contributed by atoms with Gasteiger partial charge in [-0.05, 0) is 33.6 Å². The van der Waals surface area contributed by atoms with Gasteiger partial charge in [-0.2, -0.15) is 0 Å². The lowest BCUT2D eigenvalue weighted by Gasteiger charge is -2.29. The van der Waals surface area contributed by atoms with Gasteiger partial charge in [0.15, 0.2) is 0 Å². The van der Waals surface area contributed by atoms with Crippen molar-refractivity contribution in [1.29, 1.82) is 0 Å². The van der Waals surface area contributed by atoms with E-state index in [4.69, 9.17) is 10.5 Å². The Bertz CT molecular complexity index is 261. The molecule has 2 N–H and O–H groups in total. The van der Waals surface area contributed by atoms with Crippen LogP contribution in [0.1, 0.15) is 53.4 Å². The third kappa shape index (κ3) is 4.19. The van der Waals surface area contributed by atoms with Gasteiger partial charge in [0.2, 0.25) is 0 Å². The van der Waals surface area contributed by atoms with Crippen molar-refractivity contribution in [3.63, 3.8) is 0 Å². The zero-order chi connectivity index (χ0) is 13.1. The van der Waals surface area contributed by atoms with Crippen LogP contribution in [0.2, 0.25) is 0 Å². The number of hydrogen-bond acceptors (Lipinski definition) is 3. The minimum Gasteiger partial charge on any atom is -0.444 e. The third-order valence-electron chi connectivity index (χ3n) is 3.08. The van der Waals surface area contributed by atoms with E-state index in [0.717, 1.165) is 32.2 Å². The summed E-state index contributed by atoms with van der Waals surface area (Å²) in [4.78, 5) is 13.8. The van der Waals surface area contributed by atoms with Crippen molar-refractivity contribution in [2.75, 3.05) is 6.54 Å². The van der Waals surface area contributed by atoms with Crippen molar-refractivity contribution in [2.24, 2.45) is 5.73 Å². The Hall–Kier alpha value is -0.770.